The van der Waals surface area contributed by atoms with Crippen LogP contribution in [0, 0.1) is 0 Å². The van der Waals surface area contributed by atoms with Gasteiger partial charge in [0.05, 0.1) is 6.42 Å². The first-order chi connectivity index (χ1) is 9.81. The van der Waals surface area contributed by atoms with E-state index >= 15 is 0 Å². The molecule has 0 aliphatic heterocycles. The summed E-state index contributed by atoms with van der Waals surface area (Å²) in [5, 5.41) is 7.51. The van der Waals surface area contributed by atoms with Crippen LogP contribution in [0.2, 0.25) is 0 Å². The van der Waals surface area contributed by atoms with E-state index in [0.717, 1.165) is 31.5 Å². The lowest BCUT2D eigenvalue weighted by atomic mass is 10.1. The molecule has 20 heavy (non-hydrogen) atoms. The predicted molar refractivity (Wildman–Crippen MR) is 77.4 cm³/mol. The minimum atomic E-state index is 0.401. The molecule has 1 N–H and O–H groups in total. The van der Waals surface area contributed by atoms with Crippen molar-refractivity contribution >= 4 is 0 Å². The van der Waals surface area contributed by atoms with E-state index in [2.05, 4.69) is 34.3 Å². The molecular formula is C15H22N4O. The van der Waals surface area contributed by atoms with E-state index in [1.165, 1.54) is 0 Å². The van der Waals surface area contributed by atoms with E-state index in [1.54, 1.807) is 6.20 Å². The van der Waals surface area contributed by atoms with Gasteiger partial charge < -0.3 is 9.84 Å². The summed E-state index contributed by atoms with van der Waals surface area (Å²) in [6.07, 6.45) is 5.36. The molecule has 0 saturated heterocycles. The van der Waals surface area contributed by atoms with E-state index < -0.39 is 0 Å². The zero-order valence-corrected chi connectivity index (χ0v) is 12.2. The number of rotatable bonds is 8. The van der Waals surface area contributed by atoms with Crippen molar-refractivity contribution in [1.82, 2.24) is 20.4 Å². The lowest BCUT2D eigenvalue weighted by Crippen LogP contribution is -2.31. The second-order valence-electron chi connectivity index (χ2n) is 4.87. The van der Waals surface area contributed by atoms with Gasteiger partial charge in [0.15, 0.2) is 5.82 Å². The summed E-state index contributed by atoms with van der Waals surface area (Å²) in [7, 11) is 0. The highest BCUT2D eigenvalue weighted by Crippen LogP contribution is 2.07. The lowest BCUT2D eigenvalue weighted by Gasteiger charge is -2.13. The summed E-state index contributed by atoms with van der Waals surface area (Å²) in [5.41, 5.74) is 0.955. The Balaban J connectivity index is 1.91. The quantitative estimate of drug-likeness (QED) is 0.800. The molecule has 108 valence electrons. The fraction of sp³-hybridized carbons (Fsp3) is 0.533. The first kappa shape index (κ1) is 14.7. The van der Waals surface area contributed by atoms with Crippen molar-refractivity contribution in [2.75, 3.05) is 6.54 Å². The molecule has 0 fully saturated rings. The largest absolute Gasteiger partial charge is 0.339 e. The van der Waals surface area contributed by atoms with Crippen LogP contribution < -0.4 is 5.32 Å². The zero-order chi connectivity index (χ0) is 14.2. The van der Waals surface area contributed by atoms with E-state index in [-0.39, 0.29) is 0 Å². The first-order valence-corrected chi connectivity index (χ1v) is 7.26. The van der Waals surface area contributed by atoms with Crippen molar-refractivity contribution in [2.24, 2.45) is 0 Å². The minimum Gasteiger partial charge on any atom is -0.339 e. The molecule has 2 aromatic heterocycles. The van der Waals surface area contributed by atoms with Crippen LogP contribution in [-0.2, 0) is 12.8 Å². The van der Waals surface area contributed by atoms with Gasteiger partial charge in [0.2, 0.25) is 5.89 Å². The Morgan fingerprint density at radius 3 is 2.90 bits per heavy atom. The number of pyridine rings is 1. The Morgan fingerprint density at radius 1 is 1.30 bits per heavy atom. The van der Waals surface area contributed by atoms with Crippen LogP contribution in [0.5, 0.6) is 0 Å². The number of hydrogen-bond donors (Lipinski definition) is 1. The van der Waals surface area contributed by atoms with Crippen LogP contribution in [0.4, 0.5) is 0 Å². The number of nitrogens with one attached hydrogen (secondary N) is 1. The van der Waals surface area contributed by atoms with Gasteiger partial charge in [-0.25, -0.2) is 0 Å². The van der Waals surface area contributed by atoms with Crippen LogP contribution in [0.3, 0.4) is 0 Å². The summed E-state index contributed by atoms with van der Waals surface area (Å²) in [6, 6.07) is 6.23. The number of nitrogens with zero attached hydrogens (tertiary/aromatic N) is 3. The predicted octanol–water partition coefficient (Wildman–Crippen LogP) is 2.38. The van der Waals surface area contributed by atoms with Gasteiger partial charge in [-0.1, -0.05) is 25.1 Å². The maximum Gasteiger partial charge on any atom is 0.228 e. The van der Waals surface area contributed by atoms with Crippen molar-refractivity contribution < 1.29 is 4.52 Å². The average Bonchev–Trinajstić information content (AvgIpc) is 2.91. The molecule has 2 heterocycles. The van der Waals surface area contributed by atoms with E-state index in [9.17, 15) is 0 Å². The SMILES string of the molecule is CCCNC(CC)Cc1nc(Cc2ccccn2)no1. The molecule has 0 aliphatic carbocycles. The maximum atomic E-state index is 5.32. The first-order valence-electron chi connectivity index (χ1n) is 7.26. The van der Waals surface area contributed by atoms with Crippen LogP contribution in [0.15, 0.2) is 28.9 Å². The third-order valence-electron chi connectivity index (χ3n) is 3.17. The number of hydrogen-bond acceptors (Lipinski definition) is 5. The van der Waals surface area contributed by atoms with Crippen LogP contribution in [-0.4, -0.2) is 27.7 Å². The highest BCUT2D eigenvalue weighted by molar-refractivity contribution is 5.09. The summed E-state index contributed by atoms with van der Waals surface area (Å²) in [4.78, 5) is 8.71. The molecule has 0 radical (unpaired) electrons. The van der Waals surface area contributed by atoms with Gasteiger partial charge in [-0.3, -0.25) is 4.98 Å². The molecule has 2 aromatic rings. The maximum absolute atomic E-state index is 5.32. The van der Waals surface area contributed by atoms with Gasteiger partial charge in [-0.2, -0.15) is 4.98 Å². The molecule has 5 nitrogen and oxygen atoms in total. The normalized spacial score (nSPS) is 12.5. The Hall–Kier alpha value is -1.75. The minimum absolute atomic E-state index is 0.401. The van der Waals surface area contributed by atoms with Gasteiger partial charge in [0.1, 0.15) is 0 Å². The third-order valence-corrected chi connectivity index (χ3v) is 3.17. The molecule has 0 saturated carbocycles. The Kier molecular flexibility index (Phi) is 5.68. The molecule has 1 atom stereocenters. The molecule has 0 aliphatic rings. The van der Waals surface area contributed by atoms with Crippen molar-refractivity contribution in [3.8, 4) is 0 Å². The molecule has 0 aromatic carbocycles. The second kappa shape index (κ2) is 7.75. The van der Waals surface area contributed by atoms with E-state index in [4.69, 9.17) is 4.52 Å². The smallest absolute Gasteiger partial charge is 0.228 e. The molecule has 1 unspecified atom stereocenters. The van der Waals surface area contributed by atoms with Crippen molar-refractivity contribution in [3.63, 3.8) is 0 Å². The Bertz CT molecular complexity index is 498. The molecule has 2 rings (SSSR count). The van der Waals surface area contributed by atoms with Crippen molar-refractivity contribution in [3.05, 3.63) is 41.8 Å². The van der Waals surface area contributed by atoms with Gasteiger partial charge in [-0.15, -0.1) is 0 Å². The molecule has 0 bridgehead atoms. The van der Waals surface area contributed by atoms with E-state index in [1.807, 2.05) is 18.2 Å². The third kappa shape index (κ3) is 4.42. The zero-order valence-electron chi connectivity index (χ0n) is 12.2. The summed E-state index contributed by atoms with van der Waals surface area (Å²) in [5.74, 6) is 1.40. The summed E-state index contributed by atoms with van der Waals surface area (Å²) >= 11 is 0. The van der Waals surface area contributed by atoms with Gasteiger partial charge >= 0.3 is 0 Å². The van der Waals surface area contributed by atoms with Crippen molar-refractivity contribution in [2.45, 2.75) is 45.6 Å². The van der Waals surface area contributed by atoms with Crippen LogP contribution >= 0.6 is 0 Å². The monoisotopic (exact) mass is 274 g/mol. The van der Waals surface area contributed by atoms with Crippen LogP contribution in [0.1, 0.15) is 44.1 Å². The van der Waals surface area contributed by atoms with Crippen LogP contribution in [0.25, 0.3) is 0 Å². The van der Waals surface area contributed by atoms with E-state index in [0.29, 0.717) is 24.2 Å². The van der Waals surface area contributed by atoms with Crippen molar-refractivity contribution in [1.29, 1.82) is 0 Å². The highest BCUT2D eigenvalue weighted by Gasteiger charge is 2.13. The molecule has 5 heteroatoms. The Morgan fingerprint density at radius 2 is 2.20 bits per heavy atom. The average molecular weight is 274 g/mol. The topological polar surface area (TPSA) is 63.8 Å². The molecule has 0 spiro atoms. The Labute approximate surface area is 119 Å². The number of aromatic nitrogens is 3. The van der Waals surface area contributed by atoms with Gasteiger partial charge in [-0.05, 0) is 31.5 Å². The fourth-order valence-corrected chi connectivity index (χ4v) is 2.03. The standard InChI is InChI=1S/C15H22N4O/c1-3-8-16-12(4-2)11-15-18-14(19-20-15)10-13-7-5-6-9-17-13/h5-7,9,12,16H,3-4,8,10-11H2,1-2H3. The second-order valence-corrected chi connectivity index (χ2v) is 4.87. The molecular weight excluding hydrogens is 252 g/mol. The van der Waals surface area contributed by atoms with Gasteiger partial charge in [0.25, 0.3) is 0 Å². The summed E-state index contributed by atoms with van der Waals surface area (Å²) < 4.78 is 5.32. The lowest BCUT2D eigenvalue weighted by molar-refractivity contribution is 0.350. The molecule has 0 amide bonds. The highest BCUT2D eigenvalue weighted by atomic mass is 16.5. The fourth-order valence-electron chi connectivity index (χ4n) is 2.03. The summed E-state index contributed by atoms with van der Waals surface area (Å²) in [6.45, 7) is 5.35. The van der Waals surface area contributed by atoms with Gasteiger partial charge in [0, 0.05) is 24.4 Å².